The molecule has 1 aromatic heterocycles. The van der Waals surface area contributed by atoms with E-state index in [1.165, 1.54) is 20.9 Å². The van der Waals surface area contributed by atoms with Crippen LogP contribution in [0.4, 0.5) is 0 Å². The molecule has 0 amide bonds. The zero-order valence-electron chi connectivity index (χ0n) is 11.8. The van der Waals surface area contributed by atoms with Crippen molar-refractivity contribution in [3.05, 3.63) is 34.2 Å². The maximum atomic E-state index is 12.1. The summed E-state index contributed by atoms with van der Waals surface area (Å²) in [7, 11) is 3.36. The summed E-state index contributed by atoms with van der Waals surface area (Å²) in [6, 6.07) is 5.16. The molecule has 2 aromatic rings. The summed E-state index contributed by atoms with van der Waals surface area (Å²) in [4.78, 5) is 34.3. The monoisotopic (exact) mass is 308 g/mol. The van der Waals surface area contributed by atoms with Gasteiger partial charge in [-0.05, 0) is 18.2 Å². The van der Waals surface area contributed by atoms with E-state index in [2.05, 4.69) is 0 Å². The quantitative estimate of drug-likeness (QED) is 0.642. The molecule has 0 saturated carbocycles. The largest absolute Gasteiger partial charge is 0.481 e. The molecule has 0 aliphatic heterocycles. The van der Waals surface area contributed by atoms with Crippen molar-refractivity contribution < 1.29 is 14.7 Å². The first-order valence-electron chi connectivity index (χ1n) is 6.40. The first-order valence-corrected chi connectivity index (χ1v) is 7.55. The first-order chi connectivity index (χ1) is 9.91. The lowest BCUT2D eigenvalue weighted by atomic mass is 10.1. The molecule has 0 unspecified atom stereocenters. The molecule has 6 nitrogen and oxygen atoms in total. The summed E-state index contributed by atoms with van der Waals surface area (Å²) in [5, 5.41) is 8.54. The summed E-state index contributed by atoms with van der Waals surface area (Å²) >= 11 is 1.30. The number of carboxylic acids is 1. The van der Waals surface area contributed by atoms with Crippen LogP contribution in [0.2, 0.25) is 0 Å². The van der Waals surface area contributed by atoms with Crippen LogP contribution in [-0.4, -0.2) is 37.5 Å². The van der Waals surface area contributed by atoms with Gasteiger partial charge in [0.05, 0.1) is 23.2 Å². The molecule has 0 radical (unpaired) electrons. The van der Waals surface area contributed by atoms with Gasteiger partial charge in [-0.15, -0.1) is 0 Å². The van der Waals surface area contributed by atoms with Crippen molar-refractivity contribution in [3.8, 4) is 0 Å². The molecule has 1 heterocycles. The van der Waals surface area contributed by atoms with Crippen molar-refractivity contribution in [1.82, 2.24) is 9.13 Å². The zero-order valence-corrected chi connectivity index (χ0v) is 12.6. The fourth-order valence-electron chi connectivity index (χ4n) is 2.09. The lowest BCUT2D eigenvalue weighted by Gasteiger charge is -2.02. The van der Waals surface area contributed by atoms with Gasteiger partial charge in [-0.3, -0.25) is 18.7 Å². The maximum absolute atomic E-state index is 12.1. The van der Waals surface area contributed by atoms with Crippen molar-refractivity contribution in [1.29, 1.82) is 0 Å². The highest BCUT2D eigenvalue weighted by atomic mass is 32.2. The van der Waals surface area contributed by atoms with Crippen LogP contribution >= 0.6 is 11.8 Å². The molecule has 0 atom stereocenters. The van der Waals surface area contributed by atoms with Crippen LogP contribution in [-0.2, 0) is 18.9 Å². The number of thioether (sulfide) groups is 1. The Labute approximate surface area is 125 Å². The highest BCUT2D eigenvalue weighted by Crippen LogP contribution is 2.16. The van der Waals surface area contributed by atoms with E-state index in [0.29, 0.717) is 16.8 Å². The Morgan fingerprint density at radius 3 is 2.52 bits per heavy atom. The van der Waals surface area contributed by atoms with Crippen molar-refractivity contribution in [2.45, 2.75) is 6.42 Å². The summed E-state index contributed by atoms with van der Waals surface area (Å²) < 4.78 is 3.04. The number of ketones is 1. The number of aromatic nitrogens is 2. The van der Waals surface area contributed by atoms with Crippen LogP contribution in [0.15, 0.2) is 23.0 Å². The molecule has 2 rings (SSSR count). The third-order valence-corrected chi connectivity index (χ3v) is 4.25. The van der Waals surface area contributed by atoms with Crippen molar-refractivity contribution >= 4 is 34.5 Å². The van der Waals surface area contributed by atoms with Crippen LogP contribution < -0.4 is 5.69 Å². The van der Waals surface area contributed by atoms with Gasteiger partial charge in [0, 0.05) is 25.4 Å². The van der Waals surface area contributed by atoms with E-state index in [4.69, 9.17) is 5.11 Å². The fourth-order valence-corrected chi connectivity index (χ4v) is 2.90. The number of carbonyl (C=O) groups is 2. The highest BCUT2D eigenvalue weighted by molar-refractivity contribution is 8.00. The number of hydrogen-bond acceptors (Lipinski definition) is 4. The minimum absolute atomic E-state index is 0.0458. The van der Waals surface area contributed by atoms with Crippen LogP contribution in [0.25, 0.3) is 11.0 Å². The van der Waals surface area contributed by atoms with E-state index in [9.17, 15) is 14.4 Å². The van der Waals surface area contributed by atoms with Gasteiger partial charge in [0.25, 0.3) is 0 Å². The molecule has 0 aliphatic carbocycles. The summed E-state index contributed by atoms with van der Waals surface area (Å²) in [6.45, 7) is 0. The third-order valence-electron chi connectivity index (χ3n) is 3.29. The molecule has 0 aliphatic rings. The molecule has 7 heteroatoms. The Bertz CT molecular complexity index is 760. The number of aliphatic carboxylic acids is 1. The van der Waals surface area contributed by atoms with E-state index in [1.807, 2.05) is 0 Å². The summed E-state index contributed by atoms with van der Waals surface area (Å²) in [5.74, 6) is -0.286. The number of aryl methyl sites for hydroxylation is 2. The fraction of sp³-hybridized carbons (Fsp3) is 0.357. The first kappa shape index (κ1) is 15.4. The van der Waals surface area contributed by atoms with Crippen molar-refractivity contribution in [3.63, 3.8) is 0 Å². The Morgan fingerprint density at radius 2 is 1.86 bits per heavy atom. The lowest BCUT2D eigenvalue weighted by molar-refractivity contribution is -0.136. The number of hydrogen-bond donors (Lipinski definition) is 1. The molecule has 0 spiro atoms. The van der Waals surface area contributed by atoms with Crippen LogP contribution in [0.3, 0.4) is 0 Å². The van der Waals surface area contributed by atoms with Gasteiger partial charge < -0.3 is 5.11 Å². The van der Waals surface area contributed by atoms with E-state index in [1.54, 1.807) is 32.3 Å². The Hall–Kier alpha value is -2.02. The van der Waals surface area contributed by atoms with Gasteiger partial charge in [0.15, 0.2) is 5.78 Å². The zero-order chi connectivity index (χ0) is 15.6. The predicted molar refractivity (Wildman–Crippen MR) is 82.1 cm³/mol. The van der Waals surface area contributed by atoms with E-state index >= 15 is 0 Å². The average molecular weight is 308 g/mol. The second-order valence-electron chi connectivity index (χ2n) is 4.72. The van der Waals surface area contributed by atoms with E-state index in [-0.39, 0.29) is 23.6 Å². The topological polar surface area (TPSA) is 81.3 Å². The molecule has 112 valence electrons. The second kappa shape index (κ2) is 6.17. The lowest BCUT2D eigenvalue weighted by Crippen LogP contribution is -2.19. The van der Waals surface area contributed by atoms with E-state index < -0.39 is 5.97 Å². The number of fused-ring (bicyclic) bond motifs is 1. The molecule has 0 bridgehead atoms. The molecular formula is C14H16N2O4S. The number of nitrogens with zero attached hydrogens (tertiary/aromatic N) is 2. The van der Waals surface area contributed by atoms with Crippen LogP contribution in [0, 0.1) is 0 Å². The van der Waals surface area contributed by atoms with Crippen LogP contribution in [0.5, 0.6) is 0 Å². The van der Waals surface area contributed by atoms with Gasteiger partial charge in [0.1, 0.15) is 0 Å². The Morgan fingerprint density at radius 1 is 1.19 bits per heavy atom. The average Bonchev–Trinajstić information content (AvgIpc) is 2.68. The van der Waals surface area contributed by atoms with E-state index in [0.717, 1.165) is 5.52 Å². The van der Waals surface area contributed by atoms with Gasteiger partial charge >= 0.3 is 11.7 Å². The maximum Gasteiger partial charge on any atom is 0.328 e. The smallest absolute Gasteiger partial charge is 0.328 e. The van der Waals surface area contributed by atoms with Gasteiger partial charge in [0.2, 0.25) is 0 Å². The minimum atomic E-state index is -0.865. The highest BCUT2D eigenvalue weighted by Gasteiger charge is 2.12. The number of carbonyl (C=O) groups excluding carboxylic acids is 1. The number of rotatable bonds is 6. The second-order valence-corrected chi connectivity index (χ2v) is 5.83. The minimum Gasteiger partial charge on any atom is -0.481 e. The van der Waals surface area contributed by atoms with Crippen molar-refractivity contribution in [2.75, 3.05) is 11.5 Å². The molecule has 0 saturated heterocycles. The number of benzene rings is 1. The van der Waals surface area contributed by atoms with Gasteiger partial charge in [-0.25, -0.2) is 4.79 Å². The van der Waals surface area contributed by atoms with Crippen molar-refractivity contribution in [2.24, 2.45) is 14.1 Å². The molecular weight excluding hydrogens is 292 g/mol. The predicted octanol–water partition coefficient (Wildman–Crippen LogP) is 1.27. The third kappa shape index (κ3) is 3.18. The van der Waals surface area contributed by atoms with Crippen LogP contribution in [0.1, 0.15) is 16.8 Å². The number of imidazole rings is 1. The number of carboxylic acid groups (broad SMARTS) is 1. The van der Waals surface area contributed by atoms with Gasteiger partial charge in [-0.1, -0.05) is 0 Å². The Kier molecular flexibility index (Phi) is 4.52. The molecule has 21 heavy (non-hydrogen) atoms. The molecule has 1 aromatic carbocycles. The Balaban J connectivity index is 2.15. The van der Waals surface area contributed by atoms with Gasteiger partial charge in [-0.2, -0.15) is 11.8 Å². The standard InChI is InChI=1S/C14H16N2O4S/c1-15-10-4-3-9(7-11(10)16(2)14(15)20)12(17)8-21-6-5-13(18)19/h3-4,7H,5-6,8H2,1-2H3,(H,18,19). The SMILES string of the molecule is Cn1c(=O)n(C)c2cc(C(=O)CSCCC(=O)O)ccc21. The number of Topliss-reactive ketones (excluding diaryl/α,β-unsaturated/α-hetero) is 1. The summed E-state index contributed by atoms with van der Waals surface area (Å²) in [5.41, 5.74) is 1.89. The molecule has 1 N–H and O–H groups in total. The molecule has 0 fully saturated rings. The summed E-state index contributed by atoms with van der Waals surface area (Å²) in [6.07, 6.45) is 0.0458. The normalized spacial score (nSPS) is 11.0.